The first kappa shape index (κ1) is 16.0. The second kappa shape index (κ2) is 5.14. The van der Waals surface area contributed by atoms with E-state index < -0.39 is 11.5 Å². The normalized spacial score (nSPS) is 23.9. The van der Waals surface area contributed by atoms with Gasteiger partial charge in [0.05, 0.1) is 23.5 Å². The van der Waals surface area contributed by atoms with Crippen molar-refractivity contribution in [1.82, 2.24) is 19.8 Å². The summed E-state index contributed by atoms with van der Waals surface area (Å²) < 4.78 is 15.6. The van der Waals surface area contributed by atoms with Gasteiger partial charge < -0.3 is 9.88 Å². The summed E-state index contributed by atoms with van der Waals surface area (Å²) >= 11 is 1.28. The lowest BCUT2D eigenvalue weighted by atomic mass is 9.81. The minimum absolute atomic E-state index is 0.0271. The molecule has 0 radical (unpaired) electrons. The average Bonchev–Trinajstić information content (AvgIpc) is 3.33. The molecular formula is C18H13FN6OS. The number of carbonyl (C=O) groups is 1. The number of nitrogens with one attached hydrogen (secondary N) is 2. The van der Waals surface area contributed by atoms with Crippen LogP contribution in [-0.2, 0) is 16.9 Å². The molecule has 1 saturated heterocycles. The van der Waals surface area contributed by atoms with E-state index in [1.807, 2.05) is 4.57 Å². The number of rotatable bonds is 1. The largest absolute Gasteiger partial charge is 0.338 e. The van der Waals surface area contributed by atoms with E-state index in [0.29, 0.717) is 22.9 Å². The molecular weight excluding hydrogens is 367 g/mol. The number of imidazole rings is 1. The maximum Gasteiger partial charge on any atom is 0.241 e. The summed E-state index contributed by atoms with van der Waals surface area (Å²) in [5.41, 5.74) is 0.208. The van der Waals surface area contributed by atoms with E-state index in [1.54, 1.807) is 25.2 Å². The van der Waals surface area contributed by atoms with Gasteiger partial charge in [0, 0.05) is 24.5 Å². The summed E-state index contributed by atoms with van der Waals surface area (Å²) in [5.74, 6) is -0.530. The van der Waals surface area contributed by atoms with Gasteiger partial charge in [-0.2, -0.15) is 11.3 Å². The molecule has 0 saturated carbocycles. The number of fused-ring (bicyclic) bond motifs is 5. The fourth-order valence-electron chi connectivity index (χ4n) is 4.03. The van der Waals surface area contributed by atoms with E-state index in [0.717, 1.165) is 10.4 Å². The lowest BCUT2D eigenvalue weighted by Gasteiger charge is -2.42. The molecule has 0 spiro atoms. The van der Waals surface area contributed by atoms with Crippen molar-refractivity contribution >= 4 is 39.2 Å². The Morgan fingerprint density at radius 3 is 3.00 bits per heavy atom. The fraction of sp³-hybridized carbons (Fsp3) is 0.222. The first-order valence-electron chi connectivity index (χ1n) is 8.24. The van der Waals surface area contributed by atoms with Crippen molar-refractivity contribution in [2.45, 2.75) is 12.1 Å². The number of hydrogen-bond acceptors (Lipinski definition) is 4. The van der Waals surface area contributed by atoms with E-state index in [9.17, 15) is 9.18 Å². The average molecular weight is 380 g/mol. The van der Waals surface area contributed by atoms with Crippen molar-refractivity contribution in [2.75, 3.05) is 7.05 Å². The molecule has 3 aromatic rings. The van der Waals surface area contributed by atoms with E-state index >= 15 is 0 Å². The number of halogens is 1. The number of amides is 1. The molecule has 2 aromatic heterocycles. The standard InChI is InChI=1S/C18H13FN6OS/c1-21-14-6-5-13(27-14)18-10(15(26)24(2)17(20)23-18)8-25-12-4-3-9(19)7-11(12)22-16(18)25/h3-7,10H,8H2,2H3,(H2,20,23). The Morgan fingerprint density at radius 2 is 2.26 bits per heavy atom. The van der Waals surface area contributed by atoms with Crippen LogP contribution in [0.3, 0.4) is 0 Å². The fourth-order valence-corrected chi connectivity index (χ4v) is 5.02. The molecule has 2 N–H and O–H groups in total. The smallest absolute Gasteiger partial charge is 0.241 e. The second-order valence-corrected chi connectivity index (χ2v) is 7.72. The van der Waals surface area contributed by atoms with E-state index in [1.165, 1.54) is 28.4 Å². The Kier molecular flexibility index (Phi) is 3.04. The number of benzene rings is 1. The third-order valence-corrected chi connectivity index (χ3v) is 6.44. The maximum absolute atomic E-state index is 13.7. The molecule has 2 atom stereocenters. The first-order chi connectivity index (χ1) is 13.0. The van der Waals surface area contributed by atoms with Gasteiger partial charge in [0.2, 0.25) is 10.9 Å². The minimum Gasteiger partial charge on any atom is -0.338 e. The van der Waals surface area contributed by atoms with Crippen LogP contribution >= 0.6 is 11.3 Å². The Balaban J connectivity index is 1.82. The van der Waals surface area contributed by atoms with Crippen LogP contribution in [0.1, 0.15) is 10.7 Å². The number of guanidine groups is 1. The number of nitrogens with zero attached hydrogens (tertiary/aromatic N) is 4. The highest BCUT2D eigenvalue weighted by Crippen LogP contribution is 2.49. The molecule has 4 heterocycles. The SMILES string of the molecule is [C-]#[N+]c1ccc(C23NC(=N)N(C)C(=O)C2Cn2c3nc3cc(F)ccc32)s1. The molecule has 5 rings (SSSR count). The molecule has 27 heavy (non-hydrogen) atoms. The molecule has 134 valence electrons. The molecule has 2 unspecified atom stereocenters. The number of carbonyl (C=O) groups excluding carboxylic acids is 1. The van der Waals surface area contributed by atoms with Gasteiger partial charge in [0.15, 0.2) is 5.96 Å². The summed E-state index contributed by atoms with van der Waals surface area (Å²) in [4.78, 5) is 23.2. The van der Waals surface area contributed by atoms with Crippen molar-refractivity contribution in [2.24, 2.45) is 5.92 Å². The quantitative estimate of drug-likeness (QED) is 0.637. The third-order valence-electron chi connectivity index (χ3n) is 5.32. The molecule has 2 aliphatic rings. The zero-order chi connectivity index (χ0) is 18.9. The van der Waals surface area contributed by atoms with Crippen LogP contribution in [0.25, 0.3) is 15.9 Å². The van der Waals surface area contributed by atoms with Gasteiger partial charge in [-0.25, -0.2) is 14.2 Å². The predicted octanol–water partition coefficient (Wildman–Crippen LogP) is 2.66. The van der Waals surface area contributed by atoms with Crippen molar-refractivity contribution in [1.29, 1.82) is 5.41 Å². The van der Waals surface area contributed by atoms with E-state index in [2.05, 4.69) is 15.1 Å². The topological polar surface area (TPSA) is 78.4 Å². The number of thiophene rings is 1. The van der Waals surface area contributed by atoms with Gasteiger partial charge >= 0.3 is 0 Å². The molecule has 1 fully saturated rings. The summed E-state index contributed by atoms with van der Waals surface area (Å²) in [7, 11) is 1.56. The molecule has 1 aromatic carbocycles. The number of hydrogen-bond donors (Lipinski definition) is 2. The summed E-state index contributed by atoms with van der Waals surface area (Å²) in [6.45, 7) is 7.63. The van der Waals surface area contributed by atoms with Gasteiger partial charge in [0.25, 0.3) is 0 Å². The Hall–Kier alpha value is -3.25. The van der Waals surface area contributed by atoms with Crippen LogP contribution in [0.4, 0.5) is 9.39 Å². The van der Waals surface area contributed by atoms with Crippen LogP contribution < -0.4 is 5.32 Å². The van der Waals surface area contributed by atoms with Crippen molar-refractivity contribution in [3.63, 3.8) is 0 Å². The Bertz CT molecular complexity index is 1190. The maximum atomic E-state index is 13.7. The minimum atomic E-state index is -1.04. The lowest BCUT2D eigenvalue weighted by molar-refractivity contribution is -0.134. The molecule has 1 amide bonds. The van der Waals surface area contributed by atoms with Crippen molar-refractivity contribution in [3.8, 4) is 0 Å². The monoisotopic (exact) mass is 380 g/mol. The van der Waals surface area contributed by atoms with Crippen LogP contribution in [0.2, 0.25) is 0 Å². The zero-order valence-electron chi connectivity index (χ0n) is 14.2. The highest BCUT2D eigenvalue weighted by molar-refractivity contribution is 7.16. The molecule has 0 aliphatic carbocycles. The lowest BCUT2D eigenvalue weighted by Crippen LogP contribution is -2.64. The Morgan fingerprint density at radius 1 is 1.44 bits per heavy atom. The van der Waals surface area contributed by atoms with E-state index in [4.69, 9.17) is 12.0 Å². The second-order valence-electron chi connectivity index (χ2n) is 6.66. The van der Waals surface area contributed by atoms with Crippen LogP contribution in [-0.4, -0.2) is 33.4 Å². The van der Waals surface area contributed by atoms with Gasteiger partial charge in [-0.3, -0.25) is 15.1 Å². The third kappa shape index (κ3) is 1.90. The van der Waals surface area contributed by atoms with Gasteiger partial charge in [-0.1, -0.05) is 6.07 Å². The summed E-state index contributed by atoms with van der Waals surface area (Å²) in [6.07, 6.45) is 0. The summed E-state index contributed by atoms with van der Waals surface area (Å²) in [6, 6.07) is 7.91. The predicted molar refractivity (Wildman–Crippen MR) is 98.2 cm³/mol. The van der Waals surface area contributed by atoms with Crippen LogP contribution in [0.15, 0.2) is 30.3 Å². The van der Waals surface area contributed by atoms with Gasteiger partial charge in [-0.15, -0.1) is 0 Å². The molecule has 2 aliphatic heterocycles. The van der Waals surface area contributed by atoms with Gasteiger partial charge in [-0.05, 0) is 18.2 Å². The highest BCUT2D eigenvalue weighted by atomic mass is 32.1. The highest BCUT2D eigenvalue weighted by Gasteiger charge is 2.59. The van der Waals surface area contributed by atoms with Crippen molar-refractivity contribution < 1.29 is 9.18 Å². The van der Waals surface area contributed by atoms with E-state index in [-0.39, 0.29) is 17.7 Å². The van der Waals surface area contributed by atoms with Crippen LogP contribution in [0.5, 0.6) is 0 Å². The molecule has 0 bridgehead atoms. The van der Waals surface area contributed by atoms with Crippen molar-refractivity contribution in [3.05, 3.63) is 58.3 Å². The molecule has 9 heteroatoms. The first-order valence-corrected chi connectivity index (χ1v) is 9.05. The zero-order valence-corrected chi connectivity index (χ0v) is 15.0. The number of aromatic nitrogens is 2. The molecule has 7 nitrogen and oxygen atoms in total. The van der Waals surface area contributed by atoms with Crippen LogP contribution in [0, 0.1) is 23.7 Å². The summed E-state index contributed by atoms with van der Waals surface area (Å²) in [5, 5.41) is 11.9. The Labute approximate surface area is 157 Å². The van der Waals surface area contributed by atoms with Gasteiger partial charge in [0.1, 0.15) is 17.2 Å².